The maximum Gasteiger partial charge on any atom is 0.421 e. The molecule has 0 fully saturated rings. The van der Waals surface area contributed by atoms with Crippen LogP contribution in [0, 0.1) is 0 Å². The summed E-state index contributed by atoms with van der Waals surface area (Å²) in [6, 6.07) is 14.9. The van der Waals surface area contributed by atoms with Crippen LogP contribution in [0.3, 0.4) is 0 Å². The maximum atomic E-state index is 13.5. The lowest BCUT2D eigenvalue weighted by Gasteiger charge is -2.20. The van der Waals surface area contributed by atoms with E-state index in [2.05, 4.69) is 20.6 Å². The number of benzene rings is 2. The minimum absolute atomic E-state index is 0.0849. The van der Waals surface area contributed by atoms with Crippen molar-refractivity contribution in [2.45, 2.75) is 45.7 Å². The average Bonchev–Trinajstić information content (AvgIpc) is 2.67. The number of alkyl halides is 3. The monoisotopic (exact) mass is 414 g/mol. The van der Waals surface area contributed by atoms with E-state index in [0.717, 1.165) is 23.7 Å². The standard InChI is InChI=1S/C23H25F3N4/c1-5-15-9-11-17(12-10-15)29-21-27-14-19(23(24,25)26)20(30-21)28-18-8-6-7-16(13-18)22(2,3)4/h6-14H,5H2,1-4H3,(H2,27,28,29,30). The Balaban J connectivity index is 1.93. The van der Waals surface area contributed by atoms with Crippen molar-refractivity contribution in [3.63, 3.8) is 0 Å². The van der Waals surface area contributed by atoms with Gasteiger partial charge in [0.05, 0.1) is 0 Å². The highest BCUT2D eigenvalue weighted by Crippen LogP contribution is 2.36. The smallest absolute Gasteiger partial charge is 0.340 e. The second-order valence-electron chi connectivity index (χ2n) is 8.08. The van der Waals surface area contributed by atoms with Crippen molar-refractivity contribution < 1.29 is 13.2 Å². The molecule has 0 radical (unpaired) electrons. The van der Waals surface area contributed by atoms with E-state index >= 15 is 0 Å². The summed E-state index contributed by atoms with van der Waals surface area (Å²) in [6.45, 7) is 8.19. The fourth-order valence-electron chi connectivity index (χ4n) is 2.90. The molecule has 4 nitrogen and oxygen atoms in total. The molecule has 3 aromatic rings. The molecular formula is C23H25F3N4. The molecule has 0 amide bonds. The molecule has 0 aliphatic heterocycles. The summed E-state index contributed by atoms with van der Waals surface area (Å²) >= 11 is 0. The molecule has 0 saturated heterocycles. The summed E-state index contributed by atoms with van der Waals surface area (Å²) in [5, 5.41) is 5.79. The molecule has 2 aromatic carbocycles. The van der Waals surface area contributed by atoms with Crippen LogP contribution in [0.1, 0.15) is 44.4 Å². The first-order chi connectivity index (χ1) is 14.1. The SMILES string of the molecule is CCc1ccc(Nc2ncc(C(F)(F)F)c(Nc3cccc(C(C)(C)C)c3)n2)cc1. The summed E-state index contributed by atoms with van der Waals surface area (Å²) < 4.78 is 40.6. The highest BCUT2D eigenvalue weighted by atomic mass is 19.4. The fraction of sp³-hybridized carbons (Fsp3) is 0.304. The Bertz CT molecular complexity index is 1010. The van der Waals surface area contributed by atoms with Crippen LogP contribution >= 0.6 is 0 Å². The Hall–Kier alpha value is -3.09. The van der Waals surface area contributed by atoms with E-state index in [0.29, 0.717) is 11.4 Å². The first-order valence-electron chi connectivity index (χ1n) is 9.74. The molecule has 0 spiro atoms. The third-order valence-corrected chi connectivity index (χ3v) is 4.70. The van der Waals surface area contributed by atoms with Gasteiger partial charge in [0.15, 0.2) is 0 Å². The van der Waals surface area contributed by atoms with E-state index in [4.69, 9.17) is 0 Å². The van der Waals surface area contributed by atoms with Crippen molar-refractivity contribution in [3.8, 4) is 0 Å². The predicted molar refractivity (Wildman–Crippen MR) is 115 cm³/mol. The number of halogens is 3. The molecule has 7 heteroatoms. The molecule has 0 unspecified atom stereocenters. The molecule has 158 valence electrons. The Morgan fingerprint density at radius 3 is 2.20 bits per heavy atom. The van der Waals surface area contributed by atoms with E-state index < -0.39 is 11.7 Å². The zero-order chi connectivity index (χ0) is 21.9. The molecule has 30 heavy (non-hydrogen) atoms. The molecule has 0 aliphatic carbocycles. The minimum atomic E-state index is -4.58. The van der Waals surface area contributed by atoms with Crippen molar-refractivity contribution in [2.75, 3.05) is 10.6 Å². The molecule has 1 aromatic heterocycles. The Morgan fingerprint density at radius 2 is 1.60 bits per heavy atom. The quantitative estimate of drug-likeness (QED) is 0.480. The second kappa shape index (κ2) is 8.34. The molecule has 0 saturated carbocycles. The first-order valence-corrected chi connectivity index (χ1v) is 9.74. The van der Waals surface area contributed by atoms with Crippen LogP contribution in [0.2, 0.25) is 0 Å². The molecule has 2 N–H and O–H groups in total. The summed E-state index contributed by atoms with van der Waals surface area (Å²) in [5.41, 5.74) is 2.35. The average molecular weight is 414 g/mol. The molecule has 3 rings (SSSR count). The molecule has 1 heterocycles. The number of hydrogen-bond acceptors (Lipinski definition) is 4. The van der Waals surface area contributed by atoms with Crippen LogP contribution in [0.4, 0.5) is 36.3 Å². The zero-order valence-corrected chi connectivity index (χ0v) is 17.4. The van der Waals surface area contributed by atoms with E-state index in [1.807, 2.05) is 70.2 Å². The van der Waals surface area contributed by atoms with Crippen LogP contribution < -0.4 is 10.6 Å². The van der Waals surface area contributed by atoms with Gasteiger partial charge >= 0.3 is 6.18 Å². The van der Waals surface area contributed by atoms with Gasteiger partial charge in [0, 0.05) is 17.6 Å². The highest BCUT2D eigenvalue weighted by Gasteiger charge is 2.35. The second-order valence-corrected chi connectivity index (χ2v) is 8.08. The summed E-state index contributed by atoms with van der Waals surface area (Å²) in [6.07, 6.45) is -2.88. The van der Waals surface area contributed by atoms with Gasteiger partial charge in [-0.2, -0.15) is 18.2 Å². The minimum Gasteiger partial charge on any atom is -0.340 e. The van der Waals surface area contributed by atoms with Gasteiger partial charge in [-0.25, -0.2) is 4.98 Å². The van der Waals surface area contributed by atoms with Crippen LogP contribution in [0.25, 0.3) is 0 Å². The fourth-order valence-corrected chi connectivity index (χ4v) is 2.90. The zero-order valence-electron chi connectivity index (χ0n) is 17.4. The molecule has 0 atom stereocenters. The lowest BCUT2D eigenvalue weighted by atomic mass is 9.87. The number of aryl methyl sites for hydroxylation is 1. The van der Waals surface area contributed by atoms with Crippen LogP contribution in [-0.2, 0) is 18.0 Å². The van der Waals surface area contributed by atoms with Crippen LogP contribution in [-0.4, -0.2) is 9.97 Å². The third kappa shape index (κ3) is 5.28. The van der Waals surface area contributed by atoms with Gasteiger partial charge in [-0.15, -0.1) is 0 Å². The van der Waals surface area contributed by atoms with Crippen molar-refractivity contribution in [2.24, 2.45) is 0 Å². The molecule has 0 bridgehead atoms. The Kier molecular flexibility index (Phi) is 6.01. The number of hydrogen-bond donors (Lipinski definition) is 2. The van der Waals surface area contributed by atoms with Gasteiger partial charge in [0.1, 0.15) is 11.4 Å². The maximum absolute atomic E-state index is 13.5. The van der Waals surface area contributed by atoms with Crippen LogP contribution in [0.5, 0.6) is 0 Å². The normalized spacial score (nSPS) is 12.0. The topological polar surface area (TPSA) is 49.8 Å². The number of nitrogens with one attached hydrogen (secondary N) is 2. The van der Waals surface area contributed by atoms with Crippen molar-refractivity contribution in [3.05, 3.63) is 71.4 Å². The summed E-state index contributed by atoms with van der Waals surface area (Å²) in [5.74, 6) is -0.210. The van der Waals surface area contributed by atoms with E-state index in [1.165, 1.54) is 0 Å². The summed E-state index contributed by atoms with van der Waals surface area (Å²) in [4.78, 5) is 7.97. The number of anilines is 4. The van der Waals surface area contributed by atoms with Gasteiger partial charge in [-0.1, -0.05) is 52.0 Å². The lowest BCUT2D eigenvalue weighted by molar-refractivity contribution is -0.137. The lowest BCUT2D eigenvalue weighted by Crippen LogP contribution is -2.14. The third-order valence-electron chi connectivity index (χ3n) is 4.70. The Morgan fingerprint density at radius 1 is 0.900 bits per heavy atom. The molecule has 0 aliphatic rings. The first kappa shape index (κ1) is 21.6. The highest BCUT2D eigenvalue weighted by molar-refractivity contribution is 5.63. The van der Waals surface area contributed by atoms with E-state index in [9.17, 15) is 13.2 Å². The number of nitrogens with zero attached hydrogens (tertiary/aromatic N) is 2. The van der Waals surface area contributed by atoms with Gasteiger partial charge < -0.3 is 10.6 Å². The Labute approximate surface area is 174 Å². The largest absolute Gasteiger partial charge is 0.421 e. The summed E-state index contributed by atoms with van der Waals surface area (Å²) in [7, 11) is 0. The number of aromatic nitrogens is 2. The van der Waals surface area contributed by atoms with E-state index in [-0.39, 0.29) is 17.2 Å². The predicted octanol–water partition coefficient (Wildman–Crippen LogP) is 6.84. The van der Waals surface area contributed by atoms with Crippen molar-refractivity contribution in [1.29, 1.82) is 0 Å². The van der Waals surface area contributed by atoms with Gasteiger partial charge in [-0.3, -0.25) is 0 Å². The van der Waals surface area contributed by atoms with Crippen molar-refractivity contribution >= 4 is 23.1 Å². The number of rotatable bonds is 5. The molecular weight excluding hydrogens is 389 g/mol. The van der Waals surface area contributed by atoms with Gasteiger partial charge in [-0.05, 0) is 47.2 Å². The van der Waals surface area contributed by atoms with Crippen molar-refractivity contribution in [1.82, 2.24) is 9.97 Å². The van der Waals surface area contributed by atoms with Gasteiger partial charge in [0.2, 0.25) is 5.95 Å². The van der Waals surface area contributed by atoms with Crippen LogP contribution in [0.15, 0.2) is 54.7 Å². The van der Waals surface area contributed by atoms with Gasteiger partial charge in [0.25, 0.3) is 0 Å². The van der Waals surface area contributed by atoms with E-state index in [1.54, 1.807) is 6.07 Å².